The third kappa shape index (κ3) is 1.45. The minimum Gasteiger partial charge on any atom is -0.326 e. The molecule has 2 nitrogen and oxygen atoms in total. The third-order valence-electron chi connectivity index (χ3n) is 2.62. The van der Waals surface area contributed by atoms with Crippen LogP contribution in [0.4, 0.5) is 0 Å². The Labute approximate surface area is 78.4 Å². The van der Waals surface area contributed by atoms with Gasteiger partial charge in [0, 0.05) is 12.5 Å². The molecule has 3 heteroatoms. The summed E-state index contributed by atoms with van der Waals surface area (Å²) >= 11 is 0. The highest BCUT2D eigenvalue weighted by Crippen LogP contribution is 2.22. The summed E-state index contributed by atoms with van der Waals surface area (Å²) in [4.78, 5) is 0. The second kappa shape index (κ2) is 3.23. The summed E-state index contributed by atoms with van der Waals surface area (Å²) in [7, 11) is 0. The molecule has 0 bridgehead atoms. The van der Waals surface area contributed by atoms with Crippen molar-refractivity contribution >= 4 is 6.71 Å². The standard InChI is InChI=1S/C10H11BN2/c12-6-8-1-2-9-4-11(7-13)5-10(9)3-8/h1-3H,4-6,12H2. The van der Waals surface area contributed by atoms with Crippen LogP contribution >= 0.6 is 0 Å². The molecule has 1 aromatic rings. The van der Waals surface area contributed by atoms with Crippen LogP contribution in [-0.2, 0) is 19.2 Å². The monoisotopic (exact) mass is 170 g/mol. The molecule has 0 unspecified atom stereocenters. The molecule has 0 fully saturated rings. The Morgan fingerprint density at radius 3 is 2.85 bits per heavy atom. The molecule has 0 radical (unpaired) electrons. The van der Waals surface area contributed by atoms with Crippen molar-refractivity contribution in [3.8, 4) is 5.97 Å². The highest BCUT2D eigenvalue weighted by molar-refractivity contribution is 6.66. The van der Waals surface area contributed by atoms with Crippen molar-refractivity contribution in [2.24, 2.45) is 5.73 Å². The summed E-state index contributed by atoms with van der Waals surface area (Å²) in [6.07, 6.45) is 1.82. The van der Waals surface area contributed by atoms with Crippen molar-refractivity contribution in [3.63, 3.8) is 0 Å². The third-order valence-corrected chi connectivity index (χ3v) is 2.62. The van der Waals surface area contributed by atoms with E-state index < -0.39 is 0 Å². The van der Waals surface area contributed by atoms with Crippen molar-refractivity contribution in [3.05, 3.63) is 34.9 Å². The Morgan fingerprint density at radius 2 is 2.15 bits per heavy atom. The Balaban J connectivity index is 2.32. The lowest BCUT2D eigenvalue weighted by molar-refractivity contribution is 1.06. The number of nitriles is 1. The van der Waals surface area contributed by atoms with Gasteiger partial charge in [-0.1, -0.05) is 29.3 Å². The molecule has 64 valence electrons. The van der Waals surface area contributed by atoms with Gasteiger partial charge in [0.25, 0.3) is 6.71 Å². The minimum atomic E-state index is 0.183. The van der Waals surface area contributed by atoms with Gasteiger partial charge in [0.15, 0.2) is 0 Å². The Bertz CT molecular complexity index is 368. The van der Waals surface area contributed by atoms with Crippen LogP contribution in [0.25, 0.3) is 0 Å². The molecule has 0 saturated heterocycles. The molecule has 13 heavy (non-hydrogen) atoms. The van der Waals surface area contributed by atoms with E-state index in [1.807, 2.05) is 0 Å². The van der Waals surface area contributed by atoms with E-state index in [0.717, 1.165) is 18.2 Å². The maximum atomic E-state index is 8.79. The topological polar surface area (TPSA) is 49.8 Å². The average molecular weight is 170 g/mol. The first kappa shape index (κ1) is 8.34. The second-order valence-electron chi connectivity index (χ2n) is 3.54. The first-order chi connectivity index (χ1) is 6.33. The van der Waals surface area contributed by atoms with Crippen molar-refractivity contribution in [1.82, 2.24) is 0 Å². The van der Waals surface area contributed by atoms with Crippen LogP contribution in [0.1, 0.15) is 16.7 Å². The Hall–Kier alpha value is -1.27. The molecule has 0 atom stereocenters. The summed E-state index contributed by atoms with van der Waals surface area (Å²) in [6.45, 7) is 0.771. The van der Waals surface area contributed by atoms with Crippen molar-refractivity contribution < 1.29 is 0 Å². The molecular formula is C10H11BN2. The molecule has 0 aliphatic carbocycles. The maximum absolute atomic E-state index is 8.79. The fraction of sp³-hybridized carbons (Fsp3) is 0.300. The molecule has 0 spiro atoms. The van der Waals surface area contributed by atoms with Crippen LogP contribution in [0.5, 0.6) is 0 Å². The van der Waals surface area contributed by atoms with Crippen LogP contribution in [0.15, 0.2) is 18.2 Å². The first-order valence-corrected chi connectivity index (χ1v) is 4.54. The molecule has 1 aromatic carbocycles. The van der Waals surface area contributed by atoms with Crippen LogP contribution < -0.4 is 5.73 Å². The van der Waals surface area contributed by atoms with E-state index >= 15 is 0 Å². The number of nitrogens with zero attached hydrogens (tertiary/aromatic N) is 1. The van der Waals surface area contributed by atoms with Crippen LogP contribution in [-0.4, -0.2) is 6.71 Å². The van der Waals surface area contributed by atoms with Gasteiger partial charge in [-0.2, -0.15) is 0 Å². The zero-order valence-corrected chi connectivity index (χ0v) is 7.46. The van der Waals surface area contributed by atoms with Gasteiger partial charge in [-0.25, -0.2) is 5.26 Å². The number of rotatable bonds is 1. The van der Waals surface area contributed by atoms with Crippen molar-refractivity contribution in [2.75, 3.05) is 0 Å². The molecule has 0 saturated carbocycles. The fourth-order valence-electron chi connectivity index (χ4n) is 1.89. The largest absolute Gasteiger partial charge is 0.326 e. The van der Waals surface area contributed by atoms with Gasteiger partial charge in [-0.3, -0.25) is 0 Å². The number of hydrogen-bond acceptors (Lipinski definition) is 2. The van der Waals surface area contributed by atoms with Gasteiger partial charge in [0.2, 0.25) is 0 Å². The van der Waals surface area contributed by atoms with Crippen LogP contribution in [0, 0.1) is 11.2 Å². The number of nitrogens with two attached hydrogens (primary N) is 1. The van der Waals surface area contributed by atoms with E-state index in [9.17, 15) is 0 Å². The van der Waals surface area contributed by atoms with Gasteiger partial charge < -0.3 is 5.73 Å². The zero-order chi connectivity index (χ0) is 9.26. The van der Waals surface area contributed by atoms with Crippen LogP contribution in [0.2, 0.25) is 0 Å². The molecule has 2 rings (SSSR count). The molecule has 1 aliphatic heterocycles. The molecule has 0 aromatic heterocycles. The van der Waals surface area contributed by atoms with Crippen molar-refractivity contribution in [2.45, 2.75) is 19.2 Å². The Kier molecular flexibility index (Phi) is 2.07. The van der Waals surface area contributed by atoms with Crippen LogP contribution in [0.3, 0.4) is 0 Å². The predicted octanol–water partition coefficient (Wildman–Crippen LogP) is 0.880. The Morgan fingerprint density at radius 1 is 1.38 bits per heavy atom. The SMILES string of the molecule is N#CB1Cc2ccc(CN)cc2C1. The van der Waals surface area contributed by atoms with Gasteiger partial charge in [-0.05, 0) is 18.2 Å². The quantitative estimate of drug-likeness (QED) is 0.636. The van der Waals surface area contributed by atoms with E-state index in [1.165, 1.54) is 11.1 Å². The van der Waals surface area contributed by atoms with Crippen molar-refractivity contribution in [1.29, 1.82) is 5.26 Å². The van der Waals surface area contributed by atoms with E-state index in [4.69, 9.17) is 11.0 Å². The van der Waals surface area contributed by atoms with Gasteiger partial charge in [0.1, 0.15) is 0 Å². The summed E-state index contributed by atoms with van der Waals surface area (Å²) in [6, 6.07) is 6.29. The number of benzene rings is 1. The molecule has 1 aliphatic rings. The summed E-state index contributed by atoms with van der Waals surface area (Å²) < 4.78 is 0. The highest BCUT2D eigenvalue weighted by atomic mass is 14.5. The minimum absolute atomic E-state index is 0.183. The summed E-state index contributed by atoms with van der Waals surface area (Å²) in [5, 5.41) is 8.79. The lowest BCUT2D eigenvalue weighted by Crippen LogP contribution is -2.09. The predicted molar refractivity (Wildman–Crippen MR) is 53.1 cm³/mol. The van der Waals surface area contributed by atoms with E-state index in [2.05, 4.69) is 24.2 Å². The highest BCUT2D eigenvalue weighted by Gasteiger charge is 2.24. The average Bonchev–Trinajstić information content (AvgIpc) is 2.58. The van der Waals surface area contributed by atoms with Gasteiger partial charge in [-0.15, -0.1) is 0 Å². The summed E-state index contributed by atoms with van der Waals surface area (Å²) in [5.41, 5.74) is 9.35. The van der Waals surface area contributed by atoms with Gasteiger partial charge >= 0.3 is 0 Å². The lowest BCUT2D eigenvalue weighted by atomic mass is 9.49. The number of fused-ring (bicyclic) bond motifs is 1. The van der Waals surface area contributed by atoms with E-state index in [1.54, 1.807) is 0 Å². The molecule has 1 heterocycles. The molecule has 0 amide bonds. The smallest absolute Gasteiger partial charge is 0.276 e. The normalized spacial score (nSPS) is 14.0. The van der Waals surface area contributed by atoms with Gasteiger partial charge in [0.05, 0.1) is 0 Å². The second-order valence-corrected chi connectivity index (χ2v) is 3.54. The van der Waals surface area contributed by atoms with E-state index in [0.29, 0.717) is 6.54 Å². The zero-order valence-electron chi connectivity index (χ0n) is 7.46. The summed E-state index contributed by atoms with van der Waals surface area (Å²) in [5.74, 6) is 2.32. The molecular weight excluding hydrogens is 159 g/mol. The maximum Gasteiger partial charge on any atom is 0.276 e. The van der Waals surface area contributed by atoms with E-state index in [-0.39, 0.29) is 6.71 Å². The first-order valence-electron chi connectivity index (χ1n) is 4.54. The molecule has 2 N–H and O–H groups in total. The lowest BCUT2D eigenvalue weighted by Gasteiger charge is -2.01. The fourth-order valence-corrected chi connectivity index (χ4v) is 1.89. The number of hydrogen-bond donors (Lipinski definition) is 1.